The summed E-state index contributed by atoms with van der Waals surface area (Å²) in [7, 11) is -3.66. The van der Waals surface area contributed by atoms with Gasteiger partial charge in [0.25, 0.3) is 11.6 Å². The van der Waals surface area contributed by atoms with Crippen LogP contribution in [0.3, 0.4) is 0 Å². The molecule has 2 aromatic carbocycles. The number of benzene rings is 2. The van der Waals surface area contributed by atoms with Crippen LogP contribution in [0.15, 0.2) is 65.0 Å². The topological polar surface area (TPSA) is 115 Å². The summed E-state index contributed by atoms with van der Waals surface area (Å²) in [6.45, 7) is 4.48. The fraction of sp³-hybridized carbons (Fsp3) is 0.273. The van der Waals surface area contributed by atoms with Crippen LogP contribution in [0.25, 0.3) is 10.2 Å². The van der Waals surface area contributed by atoms with Crippen LogP contribution in [0.1, 0.15) is 12.8 Å². The Hall–Kier alpha value is -2.86. The number of amides is 1. The zero-order valence-corrected chi connectivity index (χ0v) is 20.4. The number of fused-ring (bicyclic) bond motifs is 1. The second-order valence-electron chi connectivity index (χ2n) is 7.78. The van der Waals surface area contributed by atoms with Crippen molar-refractivity contribution in [3.8, 4) is 0 Å². The van der Waals surface area contributed by atoms with Crippen molar-refractivity contribution >= 4 is 54.8 Å². The number of non-ortho nitro benzene ring substituents is 1. The van der Waals surface area contributed by atoms with E-state index in [1.807, 2.05) is 0 Å². The van der Waals surface area contributed by atoms with Crippen LogP contribution in [0, 0.1) is 16.0 Å². The lowest BCUT2D eigenvalue weighted by molar-refractivity contribution is -0.384. The van der Waals surface area contributed by atoms with Crippen LogP contribution in [0.5, 0.6) is 0 Å². The maximum absolute atomic E-state index is 12.9. The maximum Gasteiger partial charge on any atom is 0.271 e. The smallest absolute Gasteiger partial charge is 0.271 e. The molecule has 0 N–H and O–H groups in total. The van der Waals surface area contributed by atoms with Crippen molar-refractivity contribution in [2.24, 2.45) is 10.9 Å². The summed E-state index contributed by atoms with van der Waals surface area (Å²) in [6, 6.07) is 10.5. The first-order valence-electron chi connectivity index (χ1n) is 10.4. The normalized spacial score (nSPS) is 16.1. The number of halogens is 1. The van der Waals surface area contributed by atoms with Gasteiger partial charge in [-0.2, -0.15) is 9.30 Å². The van der Waals surface area contributed by atoms with Crippen LogP contribution in [-0.2, 0) is 21.4 Å². The van der Waals surface area contributed by atoms with Crippen LogP contribution in [0.4, 0.5) is 5.69 Å². The molecule has 1 saturated heterocycles. The van der Waals surface area contributed by atoms with E-state index in [-0.39, 0.29) is 29.6 Å². The molecule has 2 heterocycles. The van der Waals surface area contributed by atoms with Gasteiger partial charge in [-0.25, -0.2) is 8.42 Å². The summed E-state index contributed by atoms with van der Waals surface area (Å²) in [4.78, 5) is 28.5. The van der Waals surface area contributed by atoms with E-state index in [9.17, 15) is 23.3 Å². The van der Waals surface area contributed by atoms with E-state index in [1.54, 1.807) is 16.7 Å². The summed E-state index contributed by atoms with van der Waals surface area (Å²) >= 11 is 7.12. The Balaban J connectivity index is 1.55. The van der Waals surface area contributed by atoms with Crippen LogP contribution >= 0.6 is 22.9 Å². The molecule has 1 amide bonds. The van der Waals surface area contributed by atoms with Gasteiger partial charge < -0.3 is 4.57 Å². The van der Waals surface area contributed by atoms with Crippen LogP contribution in [-0.4, -0.2) is 41.2 Å². The van der Waals surface area contributed by atoms with Crippen molar-refractivity contribution in [1.29, 1.82) is 0 Å². The van der Waals surface area contributed by atoms with E-state index in [4.69, 9.17) is 11.6 Å². The van der Waals surface area contributed by atoms with Crippen molar-refractivity contribution in [3.63, 3.8) is 0 Å². The van der Waals surface area contributed by atoms with Crippen molar-refractivity contribution in [2.45, 2.75) is 24.3 Å². The monoisotopic (exact) mass is 520 g/mol. The summed E-state index contributed by atoms with van der Waals surface area (Å²) in [5.74, 6) is -0.740. The fourth-order valence-electron chi connectivity index (χ4n) is 3.85. The minimum Gasteiger partial charge on any atom is -0.312 e. The van der Waals surface area contributed by atoms with Gasteiger partial charge in [0.15, 0.2) is 4.80 Å². The molecule has 178 valence electrons. The highest BCUT2D eigenvalue weighted by Crippen LogP contribution is 2.26. The Morgan fingerprint density at radius 3 is 2.53 bits per heavy atom. The molecule has 0 saturated carbocycles. The van der Waals surface area contributed by atoms with Gasteiger partial charge in [0.2, 0.25) is 10.0 Å². The molecule has 0 atom stereocenters. The number of carbonyl (C=O) groups is 1. The van der Waals surface area contributed by atoms with Gasteiger partial charge in [-0.05, 0) is 43.2 Å². The molecule has 34 heavy (non-hydrogen) atoms. The number of carbonyl (C=O) groups excluding carboxylic acids is 1. The first kappa shape index (κ1) is 24.3. The van der Waals surface area contributed by atoms with Crippen molar-refractivity contribution in [2.75, 3.05) is 13.1 Å². The third-order valence-corrected chi connectivity index (χ3v) is 8.87. The average Bonchev–Trinajstić information content (AvgIpc) is 3.15. The number of allylic oxidation sites excluding steroid dienone is 1. The molecule has 9 nitrogen and oxygen atoms in total. The highest BCUT2D eigenvalue weighted by Gasteiger charge is 2.32. The standard InChI is InChI=1S/C22H21ClN4O5S2/c1-2-11-26-19-14-17(27(29)30)5-8-20(19)33-22(26)24-21(28)15-9-12-25(13-10-15)34(31,32)18-6-3-16(23)4-7-18/h2-8,14-15H,1,9-13H2. The van der Waals surface area contributed by atoms with Gasteiger partial charge >= 0.3 is 0 Å². The Kier molecular flexibility index (Phi) is 6.99. The number of aromatic nitrogens is 1. The van der Waals surface area contributed by atoms with Crippen molar-refractivity contribution in [3.05, 3.63) is 75.1 Å². The lowest BCUT2D eigenvalue weighted by atomic mass is 9.98. The molecular weight excluding hydrogens is 500 g/mol. The number of sulfonamides is 1. The predicted molar refractivity (Wildman–Crippen MR) is 130 cm³/mol. The Labute approximate surface area is 204 Å². The number of nitrogens with zero attached hydrogens (tertiary/aromatic N) is 4. The molecule has 0 unspecified atom stereocenters. The molecule has 4 rings (SSSR count). The van der Waals surface area contributed by atoms with Gasteiger partial charge in [-0.1, -0.05) is 29.0 Å². The molecule has 0 aliphatic carbocycles. The van der Waals surface area contributed by atoms with Crippen LogP contribution < -0.4 is 4.80 Å². The van der Waals surface area contributed by atoms with Gasteiger partial charge in [0.1, 0.15) is 0 Å². The Morgan fingerprint density at radius 2 is 1.91 bits per heavy atom. The third kappa shape index (κ3) is 4.83. The number of hydrogen-bond donors (Lipinski definition) is 0. The van der Waals surface area contributed by atoms with Crippen molar-refractivity contribution < 1.29 is 18.1 Å². The second kappa shape index (κ2) is 9.79. The molecule has 0 bridgehead atoms. The highest BCUT2D eigenvalue weighted by molar-refractivity contribution is 7.89. The molecule has 3 aromatic rings. The minimum absolute atomic E-state index is 0.0461. The molecule has 1 aromatic heterocycles. The van der Waals surface area contributed by atoms with Gasteiger partial charge in [-0.15, -0.1) is 6.58 Å². The van der Waals surface area contributed by atoms with E-state index < -0.39 is 20.9 Å². The van der Waals surface area contributed by atoms with Gasteiger partial charge in [0, 0.05) is 42.7 Å². The van der Waals surface area contributed by atoms with E-state index >= 15 is 0 Å². The zero-order chi connectivity index (χ0) is 24.5. The minimum atomic E-state index is -3.66. The number of rotatable bonds is 6. The van der Waals surface area contributed by atoms with Crippen LogP contribution in [0.2, 0.25) is 5.02 Å². The van der Waals surface area contributed by atoms with E-state index in [2.05, 4.69) is 11.6 Å². The number of thiazole rings is 1. The molecule has 1 fully saturated rings. The van der Waals surface area contributed by atoms with Crippen molar-refractivity contribution in [1.82, 2.24) is 8.87 Å². The predicted octanol–water partition coefficient (Wildman–Crippen LogP) is 3.98. The summed E-state index contributed by atoms with van der Waals surface area (Å²) in [5, 5.41) is 11.6. The zero-order valence-electron chi connectivity index (χ0n) is 18.0. The first-order chi connectivity index (χ1) is 16.2. The summed E-state index contributed by atoms with van der Waals surface area (Å²) in [5.41, 5.74) is 0.560. The first-order valence-corrected chi connectivity index (χ1v) is 13.1. The number of nitro groups is 1. The largest absolute Gasteiger partial charge is 0.312 e. The molecule has 12 heteroatoms. The third-order valence-electron chi connectivity index (χ3n) is 5.65. The molecule has 0 radical (unpaired) electrons. The number of piperidine rings is 1. The lowest BCUT2D eigenvalue weighted by Crippen LogP contribution is -2.40. The van der Waals surface area contributed by atoms with Gasteiger partial charge in [-0.3, -0.25) is 14.9 Å². The maximum atomic E-state index is 12.9. The lowest BCUT2D eigenvalue weighted by Gasteiger charge is -2.29. The van der Waals surface area contributed by atoms with E-state index in [0.717, 1.165) is 4.70 Å². The Morgan fingerprint density at radius 1 is 1.24 bits per heavy atom. The number of hydrogen-bond acceptors (Lipinski definition) is 6. The highest BCUT2D eigenvalue weighted by atomic mass is 35.5. The SMILES string of the molecule is C=CCn1c(=NC(=O)C2CCN(S(=O)(=O)c3ccc(Cl)cc3)CC2)sc2ccc([N+](=O)[O-])cc21. The molecular formula is C22H21ClN4O5S2. The fourth-order valence-corrected chi connectivity index (χ4v) is 6.47. The Bertz CT molecular complexity index is 1440. The summed E-state index contributed by atoms with van der Waals surface area (Å²) in [6.07, 6.45) is 2.34. The van der Waals surface area contributed by atoms with E-state index in [0.29, 0.717) is 34.7 Å². The molecule has 1 aliphatic heterocycles. The average molecular weight is 521 g/mol. The molecule has 0 spiro atoms. The second-order valence-corrected chi connectivity index (χ2v) is 11.2. The quantitative estimate of drug-likeness (QED) is 0.277. The van der Waals surface area contributed by atoms with E-state index in [1.165, 1.54) is 52.0 Å². The van der Waals surface area contributed by atoms with Gasteiger partial charge in [0.05, 0.1) is 20.0 Å². The molecule has 1 aliphatic rings. The summed E-state index contributed by atoms with van der Waals surface area (Å²) < 4.78 is 29.6. The number of nitro benzene ring substituents is 1.